The first kappa shape index (κ1) is 15.3. The minimum absolute atomic E-state index is 0.00549. The van der Waals surface area contributed by atoms with E-state index >= 15 is 0 Å². The van der Waals surface area contributed by atoms with Crippen LogP contribution in [0.1, 0.15) is 28.9 Å². The van der Waals surface area contributed by atoms with E-state index in [4.69, 9.17) is 0 Å². The Morgan fingerprint density at radius 3 is 2.87 bits per heavy atom. The molecule has 1 aliphatic rings. The number of likely N-dealkylation sites (tertiary alicyclic amines) is 1. The van der Waals surface area contributed by atoms with Gasteiger partial charge in [0.05, 0.1) is 0 Å². The van der Waals surface area contributed by atoms with Crippen molar-refractivity contribution >= 4 is 11.8 Å². The predicted molar refractivity (Wildman–Crippen MR) is 85.8 cm³/mol. The summed E-state index contributed by atoms with van der Waals surface area (Å²) in [5.41, 5.74) is 1.66. The third kappa shape index (κ3) is 3.77. The number of nitrogens with zero attached hydrogens (tertiary/aromatic N) is 2. The molecule has 120 valence electrons. The van der Waals surface area contributed by atoms with Crippen molar-refractivity contribution in [3.05, 3.63) is 53.9 Å². The monoisotopic (exact) mass is 312 g/mol. The minimum atomic E-state index is -0.428. The van der Waals surface area contributed by atoms with Gasteiger partial charge in [0.2, 0.25) is 5.91 Å². The second-order valence-electron chi connectivity index (χ2n) is 5.70. The van der Waals surface area contributed by atoms with Crippen LogP contribution in [0.15, 0.2) is 42.6 Å². The van der Waals surface area contributed by atoms with Crippen molar-refractivity contribution in [1.82, 2.24) is 20.4 Å². The number of carbonyl (C=O) groups excluding carboxylic acids is 2. The Morgan fingerprint density at radius 2 is 2.13 bits per heavy atom. The van der Waals surface area contributed by atoms with Gasteiger partial charge in [-0.3, -0.25) is 14.7 Å². The van der Waals surface area contributed by atoms with Gasteiger partial charge in [0, 0.05) is 19.3 Å². The maximum Gasteiger partial charge on any atom is 0.269 e. The number of H-pyrrole nitrogens is 1. The van der Waals surface area contributed by atoms with Crippen LogP contribution in [0.5, 0.6) is 0 Å². The molecule has 1 saturated heterocycles. The molecule has 1 aliphatic heterocycles. The van der Waals surface area contributed by atoms with Crippen LogP contribution in [-0.2, 0) is 11.2 Å². The third-order valence-corrected chi connectivity index (χ3v) is 4.08. The number of carbonyl (C=O) groups is 2. The number of hydrogen-bond acceptors (Lipinski definition) is 3. The second kappa shape index (κ2) is 7.09. The molecule has 2 amide bonds. The highest BCUT2D eigenvalue weighted by atomic mass is 16.2. The molecule has 6 heteroatoms. The molecule has 1 atom stereocenters. The van der Waals surface area contributed by atoms with Gasteiger partial charge < -0.3 is 10.2 Å². The van der Waals surface area contributed by atoms with Crippen molar-refractivity contribution in [3.63, 3.8) is 0 Å². The van der Waals surface area contributed by atoms with Gasteiger partial charge in [-0.2, -0.15) is 5.10 Å². The van der Waals surface area contributed by atoms with Gasteiger partial charge in [0.15, 0.2) is 0 Å². The maximum atomic E-state index is 12.3. The lowest BCUT2D eigenvalue weighted by molar-refractivity contribution is -0.129. The lowest BCUT2D eigenvalue weighted by Gasteiger charge is -2.17. The predicted octanol–water partition coefficient (Wildman–Crippen LogP) is 1.37. The van der Waals surface area contributed by atoms with Crippen molar-refractivity contribution < 1.29 is 9.59 Å². The zero-order valence-electron chi connectivity index (χ0n) is 12.9. The number of aromatic amines is 1. The number of amides is 2. The van der Waals surface area contributed by atoms with Crippen LogP contribution in [0.4, 0.5) is 0 Å². The highest BCUT2D eigenvalue weighted by Gasteiger charge is 2.32. The van der Waals surface area contributed by atoms with E-state index in [1.807, 2.05) is 23.1 Å². The Morgan fingerprint density at radius 1 is 1.30 bits per heavy atom. The molecule has 0 unspecified atom stereocenters. The van der Waals surface area contributed by atoms with Gasteiger partial charge in [-0.05, 0) is 30.9 Å². The summed E-state index contributed by atoms with van der Waals surface area (Å²) < 4.78 is 0. The van der Waals surface area contributed by atoms with Crippen LogP contribution in [0.3, 0.4) is 0 Å². The normalized spacial score (nSPS) is 17.5. The molecule has 1 fully saturated rings. The van der Waals surface area contributed by atoms with E-state index < -0.39 is 6.04 Å². The summed E-state index contributed by atoms with van der Waals surface area (Å²) in [6.07, 6.45) is 4.05. The van der Waals surface area contributed by atoms with E-state index in [0.29, 0.717) is 18.7 Å². The molecular formula is C17H20N4O2. The van der Waals surface area contributed by atoms with Crippen molar-refractivity contribution in [2.24, 2.45) is 0 Å². The first-order chi connectivity index (χ1) is 11.2. The fourth-order valence-electron chi connectivity index (χ4n) is 2.83. The zero-order chi connectivity index (χ0) is 16.1. The average molecular weight is 312 g/mol. The van der Waals surface area contributed by atoms with Gasteiger partial charge >= 0.3 is 0 Å². The van der Waals surface area contributed by atoms with Gasteiger partial charge in [0.25, 0.3) is 5.91 Å². The second-order valence-corrected chi connectivity index (χ2v) is 5.70. The van der Waals surface area contributed by atoms with Crippen LogP contribution in [0, 0.1) is 0 Å². The zero-order valence-corrected chi connectivity index (χ0v) is 12.9. The summed E-state index contributed by atoms with van der Waals surface area (Å²) in [6.45, 7) is 1.42. The average Bonchev–Trinajstić information content (AvgIpc) is 3.21. The Hall–Kier alpha value is -2.63. The number of aromatic nitrogens is 2. The van der Waals surface area contributed by atoms with E-state index in [1.165, 1.54) is 11.8 Å². The molecule has 2 N–H and O–H groups in total. The standard InChI is InChI=1S/C17H20N4O2/c22-16(14-8-10-18-20-14)19-15-9-12-21(17(15)23)11-4-7-13-5-2-1-3-6-13/h1-3,5-6,8,10,15H,4,7,9,11-12H2,(H,18,20)(H,19,22)/t15-/m0/s1. The first-order valence-electron chi connectivity index (χ1n) is 7.87. The molecule has 23 heavy (non-hydrogen) atoms. The summed E-state index contributed by atoms with van der Waals surface area (Å²) >= 11 is 0. The molecule has 2 aromatic rings. The third-order valence-electron chi connectivity index (χ3n) is 4.08. The molecule has 2 heterocycles. The fourth-order valence-corrected chi connectivity index (χ4v) is 2.83. The van der Waals surface area contributed by atoms with Crippen LogP contribution in [-0.4, -0.2) is 46.0 Å². The molecule has 0 aliphatic carbocycles. The van der Waals surface area contributed by atoms with Crippen LogP contribution in [0.25, 0.3) is 0 Å². The Labute approximate surface area is 134 Å². The Kier molecular flexibility index (Phi) is 4.71. The SMILES string of the molecule is O=C(N[C@H]1CCN(CCCc2ccccc2)C1=O)c1ccn[nH]1. The number of hydrogen-bond donors (Lipinski definition) is 2. The summed E-state index contributed by atoms with van der Waals surface area (Å²) in [6, 6.07) is 11.4. The quantitative estimate of drug-likeness (QED) is 0.846. The maximum absolute atomic E-state index is 12.3. The Balaban J connectivity index is 1.46. The highest BCUT2D eigenvalue weighted by Crippen LogP contribution is 2.13. The van der Waals surface area contributed by atoms with Gasteiger partial charge in [0.1, 0.15) is 11.7 Å². The molecule has 0 spiro atoms. The van der Waals surface area contributed by atoms with Crippen molar-refractivity contribution in [2.45, 2.75) is 25.3 Å². The number of benzene rings is 1. The number of rotatable bonds is 6. The smallest absolute Gasteiger partial charge is 0.269 e. The topological polar surface area (TPSA) is 78.1 Å². The van der Waals surface area contributed by atoms with Crippen molar-refractivity contribution in [2.75, 3.05) is 13.1 Å². The Bertz CT molecular complexity index is 654. The number of aryl methyl sites for hydroxylation is 1. The van der Waals surface area contributed by atoms with E-state index in [0.717, 1.165) is 19.4 Å². The fraction of sp³-hybridized carbons (Fsp3) is 0.353. The van der Waals surface area contributed by atoms with E-state index in [2.05, 4.69) is 27.6 Å². The summed E-state index contributed by atoms with van der Waals surface area (Å²) in [7, 11) is 0. The van der Waals surface area contributed by atoms with Crippen LogP contribution >= 0.6 is 0 Å². The summed E-state index contributed by atoms with van der Waals surface area (Å²) in [4.78, 5) is 26.1. The van der Waals surface area contributed by atoms with Crippen LogP contribution in [0.2, 0.25) is 0 Å². The van der Waals surface area contributed by atoms with E-state index in [-0.39, 0.29) is 11.8 Å². The molecule has 0 radical (unpaired) electrons. The van der Waals surface area contributed by atoms with Gasteiger partial charge in [-0.15, -0.1) is 0 Å². The lowest BCUT2D eigenvalue weighted by Crippen LogP contribution is -2.41. The van der Waals surface area contributed by atoms with E-state index in [9.17, 15) is 9.59 Å². The molecule has 0 saturated carbocycles. The molecular weight excluding hydrogens is 292 g/mol. The summed E-state index contributed by atoms with van der Waals surface area (Å²) in [5, 5.41) is 9.11. The highest BCUT2D eigenvalue weighted by molar-refractivity contribution is 5.96. The van der Waals surface area contributed by atoms with Crippen LogP contribution < -0.4 is 5.32 Å². The summed E-state index contributed by atoms with van der Waals surface area (Å²) in [5.74, 6) is -0.280. The molecule has 1 aromatic carbocycles. The van der Waals surface area contributed by atoms with Crippen molar-refractivity contribution in [3.8, 4) is 0 Å². The molecule has 6 nitrogen and oxygen atoms in total. The molecule has 0 bridgehead atoms. The number of nitrogens with one attached hydrogen (secondary N) is 2. The van der Waals surface area contributed by atoms with Crippen molar-refractivity contribution in [1.29, 1.82) is 0 Å². The van der Waals surface area contributed by atoms with E-state index in [1.54, 1.807) is 6.07 Å². The minimum Gasteiger partial charge on any atom is -0.341 e. The first-order valence-corrected chi connectivity index (χ1v) is 7.87. The largest absolute Gasteiger partial charge is 0.341 e. The molecule has 3 rings (SSSR count). The van der Waals surface area contributed by atoms with Gasteiger partial charge in [-0.25, -0.2) is 0 Å². The van der Waals surface area contributed by atoms with Gasteiger partial charge in [-0.1, -0.05) is 30.3 Å². The molecule has 1 aromatic heterocycles. The lowest BCUT2D eigenvalue weighted by atomic mass is 10.1.